The van der Waals surface area contributed by atoms with Crippen LogP contribution in [0.1, 0.15) is 32.1 Å². The number of amides is 1. The van der Waals surface area contributed by atoms with Crippen molar-refractivity contribution >= 4 is 23.3 Å². The maximum absolute atomic E-state index is 12.5. The average molecular weight is 361 g/mol. The molecule has 1 saturated heterocycles. The monoisotopic (exact) mass is 361 g/mol. The van der Waals surface area contributed by atoms with Crippen molar-refractivity contribution in [3.8, 4) is 0 Å². The molecule has 0 aromatic heterocycles. The van der Waals surface area contributed by atoms with Gasteiger partial charge in [-0.05, 0) is 49.9 Å². The van der Waals surface area contributed by atoms with Crippen molar-refractivity contribution in [2.24, 2.45) is 5.92 Å². The van der Waals surface area contributed by atoms with Gasteiger partial charge in [0.15, 0.2) is 0 Å². The molecule has 0 radical (unpaired) electrons. The number of aliphatic hydroxyl groups is 1. The topological polar surface area (TPSA) is 102 Å². The number of benzene rings is 1. The molecular weight excluding hydrogens is 334 g/mol. The van der Waals surface area contributed by atoms with Crippen molar-refractivity contribution in [1.29, 1.82) is 0 Å². The lowest BCUT2D eigenvalue weighted by atomic mass is 9.77. The summed E-state index contributed by atoms with van der Waals surface area (Å²) < 4.78 is 0. The zero-order valence-electron chi connectivity index (χ0n) is 14.9. The second-order valence-corrected chi connectivity index (χ2v) is 7.34. The number of rotatable bonds is 5. The van der Waals surface area contributed by atoms with Crippen molar-refractivity contribution in [3.63, 3.8) is 0 Å². The van der Waals surface area contributed by atoms with Crippen molar-refractivity contribution in [3.05, 3.63) is 24.3 Å². The van der Waals surface area contributed by atoms with E-state index in [1.54, 1.807) is 0 Å². The first-order valence-corrected chi connectivity index (χ1v) is 9.26. The van der Waals surface area contributed by atoms with E-state index >= 15 is 0 Å². The minimum absolute atomic E-state index is 0.0581. The fourth-order valence-electron chi connectivity index (χ4n) is 3.80. The molecule has 26 heavy (non-hydrogen) atoms. The first-order chi connectivity index (χ1) is 12.5. The van der Waals surface area contributed by atoms with E-state index in [1.807, 2.05) is 24.3 Å². The first kappa shape index (κ1) is 18.7. The summed E-state index contributed by atoms with van der Waals surface area (Å²) in [6, 6.07) is 7.87. The molecule has 0 unspecified atom stereocenters. The minimum atomic E-state index is -1.17. The molecule has 7 nitrogen and oxygen atoms in total. The third-order valence-corrected chi connectivity index (χ3v) is 5.38. The Hall–Kier alpha value is -2.12. The van der Waals surface area contributed by atoms with Crippen molar-refractivity contribution < 1.29 is 19.8 Å². The second kappa shape index (κ2) is 8.05. The van der Waals surface area contributed by atoms with Crippen LogP contribution in [0.4, 0.5) is 11.4 Å². The maximum atomic E-state index is 12.5. The number of nitrogens with one attached hydrogen (secondary N) is 2. The largest absolute Gasteiger partial charge is 0.481 e. The summed E-state index contributed by atoms with van der Waals surface area (Å²) in [5, 5.41) is 25.4. The van der Waals surface area contributed by atoms with Crippen LogP contribution < -0.4 is 15.5 Å². The second-order valence-electron chi connectivity index (χ2n) is 7.34. The summed E-state index contributed by atoms with van der Waals surface area (Å²) in [7, 11) is 0. The number of anilines is 2. The fourth-order valence-corrected chi connectivity index (χ4v) is 3.80. The zero-order chi connectivity index (χ0) is 18.6. The molecule has 142 valence electrons. The molecule has 1 heterocycles. The number of piperazine rings is 1. The Bertz CT molecular complexity index is 633. The Balaban J connectivity index is 1.51. The molecule has 0 spiro atoms. The van der Waals surface area contributed by atoms with Gasteiger partial charge in [0, 0.05) is 43.5 Å². The van der Waals surface area contributed by atoms with Crippen LogP contribution in [0.15, 0.2) is 24.3 Å². The van der Waals surface area contributed by atoms with Crippen LogP contribution in [0.3, 0.4) is 0 Å². The molecule has 1 saturated carbocycles. The van der Waals surface area contributed by atoms with Gasteiger partial charge >= 0.3 is 5.97 Å². The van der Waals surface area contributed by atoms with Crippen LogP contribution in [-0.4, -0.2) is 53.9 Å². The van der Waals surface area contributed by atoms with Gasteiger partial charge in [0.25, 0.3) is 0 Å². The lowest BCUT2D eigenvalue weighted by molar-refractivity contribution is -0.144. The molecule has 7 heteroatoms. The minimum Gasteiger partial charge on any atom is -0.481 e. The van der Waals surface area contributed by atoms with Gasteiger partial charge in [-0.2, -0.15) is 0 Å². The van der Waals surface area contributed by atoms with Gasteiger partial charge in [-0.1, -0.05) is 0 Å². The first-order valence-electron chi connectivity index (χ1n) is 9.26. The van der Waals surface area contributed by atoms with Crippen LogP contribution in [-0.2, 0) is 9.59 Å². The Morgan fingerprint density at radius 2 is 1.77 bits per heavy atom. The van der Waals surface area contributed by atoms with Crippen LogP contribution in [0.5, 0.6) is 0 Å². The van der Waals surface area contributed by atoms with Crippen LogP contribution in [0, 0.1) is 5.92 Å². The number of carboxylic acid groups (broad SMARTS) is 1. The van der Waals surface area contributed by atoms with Gasteiger partial charge in [-0.25, -0.2) is 0 Å². The molecule has 1 aliphatic heterocycles. The standard InChI is InChI=1S/C19H27N3O4/c23-17(24)13-19(26)7-5-14(6-8-19)18(25)21-15-1-3-16(4-2-15)22-11-9-20-10-12-22/h1-4,14,20,26H,5-13H2,(H,21,25)(H,23,24)/t14-,19+. The molecule has 4 N–H and O–H groups in total. The van der Waals surface area contributed by atoms with E-state index in [0.717, 1.165) is 37.6 Å². The lowest BCUT2D eigenvalue weighted by Gasteiger charge is -2.34. The number of aliphatic carboxylic acids is 1. The van der Waals surface area contributed by atoms with Gasteiger partial charge in [0.2, 0.25) is 5.91 Å². The zero-order valence-corrected chi connectivity index (χ0v) is 14.9. The third kappa shape index (κ3) is 4.74. The Labute approximate surface area is 153 Å². The van der Waals surface area contributed by atoms with Crippen LogP contribution >= 0.6 is 0 Å². The molecule has 1 aromatic carbocycles. The lowest BCUT2D eigenvalue weighted by Crippen LogP contribution is -2.43. The third-order valence-electron chi connectivity index (χ3n) is 5.38. The summed E-state index contributed by atoms with van der Waals surface area (Å²) >= 11 is 0. The normalized spacial score (nSPS) is 26.3. The molecule has 3 rings (SSSR count). The highest BCUT2D eigenvalue weighted by atomic mass is 16.4. The van der Waals surface area contributed by atoms with E-state index in [4.69, 9.17) is 5.11 Å². The summed E-state index contributed by atoms with van der Waals surface area (Å²) in [5.41, 5.74) is 0.745. The SMILES string of the molecule is O=C(O)C[C@]1(O)CC[C@@H](C(=O)Nc2ccc(N3CCNCC3)cc2)CC1. The van der Waals surface area contributed by atoms with Crippen molar-refractivity contribution in [1.82, 2.24) is 5.32 Å². The quantitative estimate of drug-likeness (QED) is 0.633. The predicted molar refractivity (Wildman–Crippen MR) is 99.3 cm³/mol. The summed E-state index contributed by atoms with van der Waals surface area (Å²) in [6.45, 7) is 3.92. The Kier molecular flexibility index (Phi) is 5.78. The van der Waals surface area contributed by atoms with E-state index in [0.29, 0.717) is 25.7 Å². The molecule has 1 aliphatic carbocycles. The smallest absolute Gasteiger partial charge is 0.306 e. The molecule has 0 bridgehead atoms. The van der Waals surface area contributed by atoms with Crippen molar-refractivity contribution in [2.75, 3.05) is 36.4 Å². The van der Waals surface area contributed by atoms with E-state index in [-0.39, 0.29) is 18.2 Å². The number of hydrogen-bond acceptors (Lipinski definition) is 5. The summed E-state index contributed by atoms with van der Waals surface area (Å²) in [5.74, 6) is -1.24. The molecule has 1 aromatic rings. The van der Waals surface area contributed by atoms with E-state index in [9.17, 15) is 14.7 Å². The van der Waals surface area contributed by atoms with E-state index in [2.05, 4.69) is 15.5 Å². The Morgan fingerprint density at radius 3 is 2.35 bits per heavy atom. The highest BCUT2D eigenvalue weighted by molar-refractivity contribution is 5.92. The average Bonchev–Trinajstić information content (AvgIpc) is 2.62. The fraction of sp³-hybridized carbons (Fsp3) is 0.579. The van der Waals surface area contributed by atoms with Gasteiger partial charge in [-0.3, -0.25) is 9.59 Å². The van der Waals surface area contributed by atoms with Crippen LogP contribution in [0.25, 0.3) is 0 Å². The number of carbonyl (C=O) groups excluding carboxylic acids is 1. The van der Waals surface area contributed by atoms with Gasteiger partial charge < -0.3 is 25.7 Å². The van der Waals surface area contributed by atoms with Gasteiger partial charge in [0.05, 0.1) is 12.0 Å². The number of carboxylic acids is 1. The number of nitrogens with zero attached hydrogens (tertiary/aromatic N) is 1. The van der Waals surface area contributed by atoms with E-state index < -0.39 is 11.6 Å². The predicted octanol–water partition coefficient (Wildman–Crippen LogP) is 1.43. The molecule has 2 aliphatic rings. The Morgan fingerprint density at radius 1 is 1.15 bits per heavy atom. The maximum Gasteiger partial charge on any atom is 0.306 e. The number of carbonyl (C=O) groups is 2. The van der Waals surface area contributed by atoms with Gasteiger partial charge in [-0.15, -0.1) is 0 Å². The molecule has 0 atom stereocenters. The highest BCUT2D eigenvalue weighted by Gasteiger charge is 2.37. The van der Waals surface area contributed by atoms with Crippen molar-refractivity contribution in [2.45, 2.75) is 37.7 Å². The highest BCUT2D eigenvalue weighted by Crippen LogP contribution is 2.35. The molecular formula is C19H27N3O4. The summed E-state index contributed by atoms with van der Waals surface area (Å²) in [4.78, 5) is 25.6. The van der Waals surface area contributed by atoms with E-state index in [1.165, 1.54) is 0 Å². The summed E-state index contributed by atoms with van der Waals surface area (Å²) in [6.07, 6.45) is 1.45. The molecule has 1 amide bonds. The van der Waals surface area contributed by atoms with Gasteiger partial charge in [0.1, 0.15) is 0 Å². The number of hydrogen-bond donors (Lipinski definition) is 4. The van der Waals surface area contributed by atoms with Crippen LogP contribution in [0.2, 0.25) is 0 Å². The molecule has 2 fully saturated rings.